The van der Waals surface area contributed by atoms with Gasteiger partial charge in [-0.3, -0.25) is 0 Å². The number of hydrogen-bond donors (Lipinski definition) is 2. The van der Waals surface area contributed by atoms with Crippen molar-refractivity contribution in [2.75, 3.05) is 0 Å². The maximum Gasteiger partial charge on any atom is 0.238 e. The van der Waals surface area contributed by atoms with Crippen molar-refractivity contribution in [1.29, 1.82) is 0 Å². The molecule has 1 aromatic rings. The van der Waals surface area contributed by atoms with Crippen molar-refractivity contribution in [2.24, 2.45) is 5.14 Å². The summed E-state index contributed by atoms with van der Waals surface area (Å²) in [6.07, 6.45) is 6.88. The lowest BCUT2D eigenvalue weighted by atomic mass is 10.1. The molecule has 19 heavy (non-hydrogen) atoms. The van der Waals surface area contributed by atoms with Crippen LogP contribution in [-0.2, 0) is 10.0 Å². The van der Waals surface area contributed by atoms with E-state index in [1.807, 2.05) is 13.0 Å². The maximum absolute atomic E-state index is 11.3. The highest BCUT2D eigenvalue weighted by molar-refractivity contribution is 7.89. The Labute approximate surface area is 115 Å². The van der Waals surface area contributed by atoms with Gasteiger partial charge in [0, 0.05) is 18.5 Å². The zero-order valence-electron chi connectivity index (χ0n) is 11.3. The van der Waals surface area contributed by atoms with Crippen LogP contribution >= 0.6 is 0 Å². The summed E-state index contributed by atoms with van der Waals surface area (Å²) >= 11 is 0. The normalized spacial score (nSPS) is 14.6. The highest BCUT2D eigenvalue weighted by Gasteiger charge is 2.14. The van der Waals surface area contributed by atoms with Crippen LogP contribution in [0.2, 0.25) is 0 Å². The number of terminal acetylenes is 1. The molecule has 2 atom stereocenters. The molecule has 2 unspecified atom stereocenters. The Morgan fingerprint density at radius 2 is 2.16 bits per heavy atom. The molecular formula is C14H20N2O2S. The van der Waals surface area contributed by atoms with Crippen LogP contribution in [0.5, 0.6) is 0 Å². The molecule has 0 heterocycles. The first-order chi connectivity index (χ1) is 8.88. The summed E-state index contributed by atoms with van der Waals surface area (Å²) in [5.41, 5.74) is 0.877. The number of hydrogen-bond acceptors (Lipinski definition) is 3. The van der Waals surface area contributed by atoms with E-state index in [-0.39, 0.29) is 17.0 Å². The third-order valence-corrected chi connectivity index (χ3v) is 3.94. The first-order valence-electron chi connectivity index (χ1n) is 6.20. The lowest BCUT2D eigenvalue weighted by Crippen LogP contribution is -2.30. The summed E-state index contributed by atoms with van der Waals surface area (Å²) < 4.78 is 22.6. The fourth-order valence-electron chi connectivity index (χ4n) is 1.87. The monoisotopic (exact) mass is 280 g/mol. The summed E-state index contributed by atoms with van der Waals surface area (Å²) in [7, 11) is -3.66. The molecule has 3 N–H and O–H groups in total. The fraction of sp³-hybridized carbons (Fsp3) is 0.429. The van der Waals surface area contributed by atoms with Crippen molar-refractivity contribution in [2.45, 2.75) is 43.7 Å². The van der Waals surface area contributed by atoms with E-state index in [4.69, 9.17) is 11.6 Å². The summed E-state index contributed by atoms with van der Waals surface area (Å²) in [5, 5.41) is 8.51. The molecule has 0 fully saturated rings. The minimum absolute atomic E-state index is 0.0139. The second kappa shape index (κ2) is 6.71. The average molecular weight is 280 g/mol. The molecule has 0 amide bonds. The molecule has 0 spiro atoms. The lowest BCUT2D eigenvalue weighted by molar-refractivity contribution is 0.448. The predicted molar refractivity (Wildman–Crippen MR) is 76.9 cm³/mol. The second-order valence-corrected chi connectivity index (χ2v) is 6.08. The number of nitrogens with two attached hydrogens (primary N) is 1. The number of benzene rings is 1. The van der Waals surface area contributed by atoms with E-state index in [9.17, 15) is 8.42 Å². The number of rotatable bonds is 6. The number of sulfonamides is 1. The molecule has 4 nitrogen and oxygen atoms in total. The molecule has 0 radical (unpaired) electrons. The fourth-order valence-corrected chi connectivity index (χ4v) is 2.44. The smallest absolute Gasteiger partial charge is 0.238 e. The van der Waals surface area contributed by atoms with Gasteiger partial charge in [0.15, 0.2) is 0 Å². The molecule has 0 aliphatic carbocycles. The van der Waals surface area contributed by atoms with Crippen molar-refractivity contribution in [3.8, 4) is 12.3 Å². The van der Waals surface area contributed by atoms with Crippen molar-refractivity contribution >= 4 is 10.0 Å². The Morgan fingerprint density at radius 3 is 2.68 bits per heavy atom. The molecule has 1 rings (SSSR count). The average Bonchev–Trinajstić information content (AvgIpc) is 2.37. The number of primary sulfonamides is 1. The summed E-state index contributed by atoms with van der Waals surface area (Å²) in [4.78, 5) is 0.128. The molecule has 104 valence electrons. The largest absolute Gasteiger partial charge is 0.307 e. The quantitative estimate of drug-likeness (QED) is 0.780. The van der Waals surface area contributed by atoms with Crippen LogP contribution in [0.15, 0.2) is 29.2 Å². The van der Waals surface area contributed by atoms with Crippen LogP contribution in [0.3, 0.4) is 0 Å². The Balaban J connectivity index is 2.89. The minimum Gasteiger partial charge on any atom is -0.307 e. The zero-order valence-corrected chi connectivity index (χ0v) is 12.1. The molecular weight excluding hydrogens is 260 g/mol. The van der Waals surface area contributed by atoms with Crippen molar-refractivity contribution in [3.63, 3.8) is 0 Å². The third-order valence-electron chi connectivity index (χ3n) is 3.03. The standard InChI is InChI=1S/C14H20N2O2S/c1-4-7-13(5-2)16-11(3)12-8-6-9-14(10-12)19(15,17)18/h1,6,8-11,13,16H,5,7H2,2-3H3,(H2,15,17,18). The summed E-state index contributed by atoms with van der Waals surface area (Å²) in [6.45, 7) is 4.03. The van der Waals surface area contributed by atoms with E-state index in [1.54, 1.807) is 12.1 Å². The Bertz CT molecular complexity index is 561. The lowest BCUT2D eigenvalue weighted by Gasteiger charge is -2.21. The third kappa shape index (κ3) is 4.67. The predicted octanol–water partition coefficient (Wildman–Crippen LogP) is 1.79. The van der Waals surface area contributed by atoms with E-state index >= 15 is 0 Å². The van der Waals surface area contributed by atoms with Crippen LogP contribution < -0.4 is 10.5 Å². The van der Waals surface area contributed by atoms with Crippen molar-refractivity contribution < 1.29 is 8.42 Å². The topological polar surface area (TPSA) is 72.2 Å². The highest BCUT2D eigenvalue weighted by Crippen LogP contribution is 2.18. The van der Waals surface area contributed by atoms with Gasteiger partial charge in [-0.2, -0.15) is 0 Å². The molecule has 0 saturated heterocycles. The van der Waals surface area contributed by atoms with Crippen LogP contribution in [0, 0.1) is 12.3 Å². The van der Waals surface area contributed by atoms with E-state index in [0.29, 0.717) is 6.42 Å². The van der Waals surface area contributed by atoms with E-state index in [1.165, 1.54) is 6.07 Å². The van der Waals surface area contributed by atoms with Crippen molar-refractivity contribution in [3.05, 3.63) is 29.8 Å². The Kier molecular flexibility index (Phi) is 5.55. The van der Waals surface area contributed by atoms with E-state index in [0.717, 1.165) is 12.0 Å². The van der Waals surface area contributed by atoms with Crippen LogP contribution in [0.25, 0.3) is 0 Å². The zero-order chi connectivity index (χ0) is 14.5. The number of nitrogens with one attached hydrogen (secondary N) is 1. The Hall–Kier alpha value is -1.35. The van der Waals surface area contributed by atoms with Gasteiger partial charge in [0.1, 0.15) is 0 Å². The maximum atomic E-state index is 11.3. The Morgan fingerprint density at radius 1 is 1.47 bits per heavy atom. The minimum atomic E-state index is -3.66. The molecule has 0 aliphatic rings. The van der Waals surface area contributed by atoms with Gasteiger partial charge in [-0.25, -0.2) is 13.6 Å². The highest BCUT2D eigenvalue weighted by atomic mass is 32.2. The molecule has 0 aliphatic heterocycles. The second-order valence-electron chi connectivity index (χ2n) is 4.52. The molecule has 0 saturated carbocycles. The molecule has 0 bridgehead atoms. The van der Waals surface area contributed by atoms with Gasteiger partial charge in [0.2, 0.25) is 10.0 Å². The first-order valence-corrected chi connectivity index (χ1v) is 7.75. The van der Waals surface area contributed by atoms with Gasteiger partial charge in [0.25, 0.3) is 0 Å². The van der Waals surface area contributed by atoms with Gasteiger partial charge in [0.05, 0.1) is 4.90 Å². The van der Waals surface area contributed by atoms with Gasteiger partial charge in [-0.1, -0.05) is 19.1 Å². The van der Waals surface area contributed by atoms with Gasteiger partial charge in [-0.15, -0.1) is 12.3 Å². The molecule has 5 heteroatoms. The van der Waals surface area contributed by atoms with Crippen LogP contribution in [0.4, 0.5) is 0 Å². The molecule has 1 aromatic carbocycles. The van der Waals surface area contributed by atoms with Crippen LogP contribution in [0.1, 0.15) is 38.3 Å². The van der Waals surface area contributed by atoms with E-state index < -0.39 is 10.0 Å². The van der Waals surface area contributed by atoms with Crippen molar-refractivity contribution in [1.82, 2.24) is 5.32 Å². The van der Waals surface area contributed by atoms with Gasteiger partial charge >= 0.3 is 0 Å². The molecule has 0 aromatic heterocycles. The van der Waals surface area contributed by atoms with E-state index in [2.05, 4.69) is 18.2 Å². The SMILES string of the molecule is C#CCC(CC)NC(C)c1cccc(S(N)(=O)=O)c1. The summed E-state index contributed by atoms with van der Waals surface area (Å²) in [5.74, 6) is 2.63. The van der Waals surface area contributed by atoms with Crippen LogP contribution in [-0.4, -0.2) is 14.5 Å². The first kappa shape index (κ1) is 15.7. The van der Waals surface area contributed by atoms with Gasteiger partial charge < -0.3 is 5.32 Å². The summed E-state index contributed by atoms with van der Waals surface area (Å²) in [6, 6.07) is 6.88. The van der Waals surface area contributed by atoms with Gasteiger partial charge in [-0.05, 0) is 31.0 Å².